The van der Waals surface area contributed by atoms with Crippen molar-refractivity contribution in [2.24, 2.45) is 0 Å². The van der Waals surface area contributed by atoms with Gasteiger partial charge in [-0.05, 0) is 0 Å². The SMILES string of the molecule is CCOc1ccc(C[Se]CCC(C)=O)cc1. The van der Waals surface area contributed by atoms with Gasteiger partial charge in [-0.15, -0.1) is 0 Å². The zero-order chi connectivity index (χ0) is 11.8. The average Bonchev–Trinajstić information content (AvgIpc) is 2.27. The number of ether oxygens (including phenoxy) is 1. The van der Waals surface area contributed by atoms with E-state index in [-0.39, 0.29) is 0 Å². The number of carbonyl (C=O) groups is 1. The zero-order valence-corrected chi connectivity index (χ0v) is 11.6. The Bertz CT molecular complexity index is 319. The van der Waals surface area contributed by atoms with E-state index in [0.29, 0.717) is 27.3 Å². The van der Waals surface area contributed by atoms with Crippen LogP contribution >= 0.6 is 0 Å². The van der Waals surface area contributed by atoms with E-state index in [9.17, 15) is 4.79 Å². The van der Waals surface area contributed by atoms with E-state index in [2.05, 4.69) is 12.1 Å². The van der Waals surface area contributed by atoms with Crippen LogP contribution in [0.3, 0.4) is 0 Å². The second-order valence-corrected chi connectivity index (χ2v) is 5.90. The molecule has 0 aliphatic rings. The molecule has 0 amide bonds. The molecule has 0 atom stereocenters. The topological polar surface area (TPSA) is 26.3 Å². The zero-order valence-electron chi connectivity index (χ0n) is 9.86. The third-order valence-corrected chi connectivity index (χ3v) is 4.26. The first-order valence-corrected chi connectivity index (χ1v) is 7.93. The van der Waals surface area contributed by atoms with Crippen LogP contribution in [-0.4, -0.2) is 27.3 Å². The summed E-state index contributed by atoms with van der Waals surface area (Å²) in [5, 5.41) is 2.15. The van der Waals surface area contributed by atoms with Gasteiger partial charge in [0, 0.05) is 0 Å². The molecule has 0 aliphatic heterocycles. The molecule has 88 valence electrons. The Balaban J connectivity index is 2.29. The Morgan fingerprint density at radius 3 is 2.56 bits per heavy atom. The van der Waals surface area contributed by atoms with E-state index in [0.717, 1.165) is 22.8 Å². The summed E-state index contributed by atoms with van der Waals surface area (Å²) in [7, 11) is 0. The van der Waals surface area contributed by atoms with E-state index in [1.54, 1.807) is 6.92 Å². The van der Waals surface area contributed by atoms with Crippen molar-refractivity contribution in [1.29, 1.82) is 0 Å². The standard InChI is InChI=1S/C13H18O2Se/c1-3-15-13-6-4-12(5-7-13)10-16-9-8-11(2)14/h4-7H,3,8-10H2,1-2H3. The molecule has 0 aromatic heterocycles. The minimum atomic E-state index is 0.300. The van der Waals surface area contributed by atoms with E-state index < -0.39 is 0 Å². The van der Waals surface area contributed by atoms with Gasteiger partial charge in [-0.3, -0.25) is 0 Å². The van der Waals surface area contributed by atoms with Crippen LogP contribution in [0.2, 0.25) is 5.32 Å². The van der Waals surface area contributed by atoms with Crippen molar-refractivity contribution in [2.45, 2.75) is 30.9 Å². The van der Waals surface area contributed by atoms with Gasteiger partial charge in [0.05, 0.1) is 0 Å². The fourth-order valence-corrected chi connectivity index (χ4v) is 3.36. The third-order valence-electron chi connectivity index (χ3n) is 2.10. The molecular weight excluding hydrogens is 267 g/mol. The molecule has 16 heavy (non-hydrogen) atoms. The van der Waals surface area contributed by atoms with Crippen LogP contribution in [-0.2, 0) is 10.1 Å². The number of carbonyl (C=O) groups excluding carboxylic acids is 1. The second-order valence-electron chi connectivity index (χ2n) is 3.58. The molecule has 0 spiro atoms. The summed E-state index contributed by atoms with van der Waals surface area (Å²) in [6, 6.07) is 8.25. The molecule has 3 heteroatoms. The maximum atomic E-state index is 10.8. The van der Waals surface area contributed by atoms with Crippen LogP contribution in [0.15, 0.2) is 24.3 Å². The maximum absolute atomic E-state index is 10.8. The quantitative estimate of drug-likeness (QED) is 0.569. The van der Waals surface area contributed by atoms with E-state index >= 15 is 0 Å². The van der Waals surface area contributed by atoms with Crippen molar-refractivity contribution in [2.75, 3.05) is 6.61 Å². The summed E-state index contributed by atoms with van der Waals surface area (Å²) in [6.07, 6.45) is 0.733. The molecular formula is C13H18O2Se. The van der Waals surface area contributed by atoms with Crippen LogP contribution < -0.4 is 4.74 Å². The predicted octanol–water partition coefficient (Wildman–Crippen LogP) is 2.69. The molecule has 2 nitrogen and oxygen atoms in total. The third kappa shape index (κ3) is 5.34. The molecule has 0 saturated heterocycles. The summed E-state index contributed by atoms with van der Waals surface area (Å²) in [5.74, 6) is 1.23. The first-order valence-electron chi connectivity index (χ1n) is 5.51. The number of hydrogen-bond donors (Lipinski definition) is 0. The monoisotopic (exact) mass is 286 g/mol. The Labute approximate surface area is 104 Å². The van der Waals surface area contributed by atoms with Crippen LogP contribution in [0, 0.1) is 0 Å². The Morgan fingerprint density at radius 2 is 2.00 bits per heavy atom. The van der Waals surface area contributed by atoms with Gasteiger partial charge in [0.2, 0.25) is 0 Å². The molecule has 0 heterocycles. The summed E-state index contributed by atoms with van der Waals surface area (Å²) in [6.45, 7) is 4.35. The van der Waals surface area contributed by atoms with Gasteiger partial charge >= 0.3 is 103 Å². The van der Waals surface area contributed by atoms with Crippen molar-refractivity contribution in [3.8, 4) is 5.75 Å². The summed E-state index contributed by atoms with van der Waals surface area (Å²) in [5.41, 5.74) is 1.34. The van der Waals surface area contributed by atoms with Gasteiger partial charge in [0.1, 0.15) is 0 Å². The Morgan fingerprint density at radius 1 is 1.31 bits per heavy atom. The van der Waals surface area contributed by atoms with Crippen molar-refractivity contribution < 1.29 is 9.53 Å². The molecule has 0 radical (unpaired) electrons. The van der Waals surface area contributed by atoms with Crippen molar-refractivity contribution in [1.82, 2.24) is 0 Å². The average molecular weight is 285 g/mol. The molecule has 1 aromatic rings. The number of Topliss-reactive ketones (excluding diaryl/α,β-unsaturated/α-hetero) is 1. The molecule has 1 aromatic carbocycles. The summed E-state index contributed by atoms with van der Waals surface area (Å²) < 4.78 is 5.38. The molecule has 0 unspecified atom stereocenters. The van der Waals surface area contributed by atoms with Crippen molar-refractivity contribution >= 4 is 20.7 Å². The molecule has 0 bridgehead atoms. The van der Waals surface area contributed by atoms with Gasteiger partial charge in [-0.2, -0.15) is 0 Å². The fourth-order valence-electron chi connectivity index (χ4n) is 1.25. The van der Waals surface area contributed by atoms with E-state index in [4.69, 9.17) is 4.74 Å². The van der Waals surface area contributed by atoms with Crippen LogP contribution in [0.1, 0.15) is 25.8 Å². The Hall–Kier alpha value is -0.791. The second kappa shape index (κ2) is 7.48. The van der Waals surface area contributed by atoms with E-state index in [1.807, 2.05) is 19.1 Å². The van der Waals surface area contributed by atoms with E-state index in [1.165, 1.54) is 5.56 Å². The normalized spacial score (nSPS) is 10.1. The van der Waals surface area contributed by atoms with Crippen molar-refractivity contribution in [3.05, 3.63) is 29.8 Å². The number of hydrogen-bond acceptors (Lipinski definition) is 2. The number of benzene rings is 1. The van der Waals surface area contributed by atoms with Gasteiger partial charge in [0.25, 0.3) is 0 Å². The molecule has 0 saturated carbocycles. The van der Waals surface area contributed by atoms with Gasteiger partial charge in [-0.25, -0.2) is 0 Å². The van der Waals surface area contributed by atoms with Gasteiger partial charge < -0.3 is 0 Å². The molecule has 0 N–H and O–H groups in total. The summed E-state index contributed by atoms with van der Waals surface area (Å²) >= 11 is 0.540. The molecule has 0 aliphatic carbocycles. The molecule has 1 rings (SSSR count). The van der Waals surface area contributed by atoms with Crippen LogP contribution in [0.4, 0.5) is 0 Å². The first kappa shape index (κ1) is 13.3. The van der Waals surface area contributed by atoms with Crippen LogP contribution in [0.25, 0.3) is 0 Å². The fraction of sp³-hybridized carbons (Fsp3) is 0.462. The first-order chi connectivity index (χ1) is 7.72. The predicted molar refractivity (Wildman–Crippen MR) is 67.2 cm³/mol. The van der Waals surface area contributed by atoms with Crippen LogP contribution in [0.5, 0.6) is 5.75 Å². The molecule has 0 fully saturated rings. The number of ketones is 1. The van der Waals surface area contributed by atoms with Gasteiger partial charge in [0.15, 0.2) is 0 Å². The van der Waals surface area contributed by atoms with Crippen molar-refractivity contribution in [3.63, 3.8) is 0 Å². The number of rotatable bonds is 7. The Kier molecular flexibility index (Phi) is 6.20. The summed E-state index contributed by atoms with van der Waals surface area (Å²) in [4.78, 5) is 10.8. The minimum absolute atomic E-state index is 0.300. The van der Waals surface area contributed by atoms with Gasteiger partial charge in [-0.1, -0.05) is 0 Å².